The van der Waals surface area contributed by atoms with Crippen molar-refractivity contribution < 1.29 is 4.74 Å². The lowest BCUT2D eigenvalue weighted by Crippen LogP contribution is -2.43. The molecule has 0 bridgehead atoms. The quantitative estimate of drug-likeness (QED) is 0.670. The van der Waals surface area contributed by atoms with Crippen molar-refractivity contribution in [1.29, 1.82) is 0 Å². The van der Waals surface area contributed by atoms with Crippen LogP contribution in [0.15, 0.2) is 29.3 Å². The molecule has 0 amide bonds. The second-order valence-corrected chi connectivity index (χ2v) is 6.83. The van der Waals surface area contributed by atoms with E-state index in [1.54, 1.807) is 0 Å². The number of likely N-dealkylation sites (tertiary alicyclic amines) is 1. The molecule has 0 unspecified atom stereocenters. The summed E-state index contributed by atoms with van der Waals surface area (Å²) in [5, 5.41) is 3.53. The zero-order valence-corrected chi connectivity index (χ0v) is 14.5. The predicted octanol–water partition coefficient (Wildman–Crippen LogP) is 3.08. The average Bonchev–Trinajstić information content (AvgIpc) is 2.98. The van der Waals surface area contributed by atoms with Gasteiger partial charge >= 0.3 is 0 Å². The van der Waals surface area contributed by atoms with Crippen LogP contribution in [0.5, 0.6) is 5.75 Å². The van der Waals surface area contributed by atoms with Gasteiger partial charge in [-0.15, -0.1) is 0 Å². The van der Waals surface area contributed by atoms with E-state index in [2.05, 4.69) is 33.4 Å². The van der Waals surface area contributed by atoms with Crippen molar-refractivity contribution >= 4 is 5.96 Å². The second-order valence-electron chi connectivity index (χ2n) is 6.83. The monoisotopic (exact) mass is 315 g/mol. The first kappa shape index (κ1) is 16.2. The van der Waals surface area contributed by atoms with E-state index in [9.17, 15) is 0 Å². The van der Waals surface area contributed by atoms with Gasteiger partial charge in [0.05, 0.1) is 6.61 Å². The fraction of sp³-hybridized carbons (Fsp3) is 0.632. The Hall–Kier alpha value is -1.71. The average molecular weight is 315 g/mol. The zero-order valence-electron chi connectivity index (χ0n) is 14.5. The normalized spacial score (nSPS) is 19.7. The summed E-state index contributed by atoms with van der Waals surface area (Å²) in [4.78, 5) is 6.92. The van der Waals surface area contributed by atoms with Crippen molar-refractivity contribution in [1.82, 2.24) is 10.2 Å². The van der Waals surface area contributed by atoms with Gasteiger partial charge in [0, 0.05) is 26.7 Å². The van der Waals surface area contributed by atoms with Gasteiger partial charge < -0.3 is 15.0 Å². The highest BCUT2D eigenvalue weighted by molar-refractivity contribution is 5.80. The first-order valence-corrected chi connectivity index (χ1v) is 8.92. The molecule has 4 heteroatoms. The van der Waals surface area contributed by atoms with Gasteiger partial charge in [-0.25, -0.2) is 0 Å². The van der Waals surface area contributed by atoms with E-state index in [1.165, 1.54) is 37.8 Å². The van der Waals surface area contributed by atoms with Gasteiger partial charge in [0.15, 0.2) is 5.96 Å². The molecule has 1 aromatic rings. The van der Waals surface area contributed by atoms with Gasteiger partial charge in [-0.3, -0.25) is 4.99 Å². The second kappa shape index (κ2) is 7.24. The molecule has 1 saturated carbocycles. The van der Waals surface area contributed by atoms with Crippen LogP contribution in [0.3, 0.4) is 0 Å². The molecule has 1 heterocycles. The molecule has 1 aliphatic carbocycles. The van der Waals surface area contributed by atoms with Crippen LogP contribution in [-0.4, -0.2) is 44.1 Å². The van der Waals surface area contributed by atoms with Crippen LogP contribution in [0.25, 0.3) is 0 Å². The first-order valence-electron chi connectivity index (χ1n) is 8.92. The number of nitrogens with zero attached hydrogens (tertiary/aromatic N) is 2. The zero-order chi connectivity index (χ0) is 16.1. The molecule has 126 valence electrons. The predicted molar refractivity (Wildman–Crippen MR) is 95.2 cm³/mol. The lowest BCUT2D eigenvalue weighted by Gasteiger charge is -2.38. The van der Waals surface area contributed by atoms with Crippen molar-refractivity contribution in [3.8, 4) is 5.75 Å². The maximum absolute atomic E-state index is 5.57. The van der Waals surface area contributed by atoms with E-state index in [0.717, 1.165) is 31.2 Å². The lowest BCUT2D eigenvalue weighted by molar-refractivity contribution is 0.151. The highest BCUT2D eigenvalue weighted by Gasteiger charge is 2.43. The molecule has 1 N–H and O–H groups in total. The van der Waals surface area contributed by atoms with E-state index >= 15 is 0 Å². The molecule has 1 aliphatic heterocycles. The van der Waals surface area contributed by atoms with Crippen LogP contribution in [0.4, 0.5) is 0 Å². The highest BCUT2D eigenvalue weighted by atomic mass is 16.5. The Morgan fingerprint density at radius 2 is 2.22 bits per heavy atom. The number of guanidine groups is 1. The Bertz CT molecular complexity index is 551. The molecular weight excluding hydrogens is 286 g/mol. The van der Waals surface area contributed by atoms with Crippen LogP contribution in [-0.2, 0) is 6.42 Å². The largest absolute Gasteiger partial charge is 0.494 e. The van der Waals surface area contributed by atoms with E-state index in [0.29, 0.717) is 12.0 Å². The molecule has 0 atom stereocenters. The third-order valence-corrected chi connectivity index (χ3v) is 5.27. The summed E-state index contributed by atoms with van der Waals surface area (Å²) in [6.07, 6.45) is 6.55. The van der Waals surface area contributed by atoms with Crippen LogP contribution < -0.4 is 10.1 Å². The lowest BCUT2D eigenvalue weighted by atomic mass is 9.68. The molecule has 1 saturated heterocycles. The number of aliphatic imine (C=N–C) groups is 1. The number of nitrogens with one attached hydrogen (secondary N) is 1. The molecule has 0 aromatic heterocycles. The van der Waals surface area contributed by atoms with Crippen molar-refractivity contribution in [2.45, 2.75) is 39.0 Å². The standard InChI is InChI=1S/C19H29N3O/c1-3-23-17-7-4-6-16(14-17)8-12-21-18(20-2)22-13-11-19(15-22)9-5-10-19/h4,6-7,14H,3,5,8-13,15H2,1-2H3,(H,20,21). The Labute approximate surface area is 139 Å². The van der Waals surface area contributed by atoms with Crippen LogP contribution in [0, 0.1) is 5.41 Å². The number of ether oxygens (including phenoxy) is 1. The molecule has 2 aliphatic rings. The summed E-state index contributed by atoms with van der Waals surface area (Å²) in [5.74, 6) is 2.02. The third kappa shape index (κ3) is 3.80. The van der Waals surface area contributed by atoms with E-state index < -0.39 is 0 Å². The molecule has 23 heavy (non-hydrogen) atoms. The van der Waals surface area contributed by atoms with Crippen LogP contribution in [0.2, 0.25) is 0 Å². The summed E-state index contributed by atoms with van der Waals surface area (Å²) in [6, 6.07) is 8.37. The van der Waals surface area contributed by atoms with Gasteiger partial charge in [-0.05, 0) is 55.7 Å². The van der Waals surface area contributed by atoms with Crippen LogP contribution in [0.1, 0.15) is 38.2 Å². The molecule has 1 aromatic carbocycles. The Morgan fingerprint density at radius 1 is 1.35 bits per heavy atom. The maximum Gasteiger partial charge on any atom is 0.193 e. The van der Waals surface area contributed by atoms with Crippen LogP contribution >= 0.6 is 0 Å². The van der Waals surface area contributed by atoms with Gasteiger partial charge in [-0.2, -0.15) is 0 Å². The smallest absolute Gasteiger partial charge is 0.193 e. The number of rotatable bonds is 5. The highest BCUT2D eigenvalue weighted by Crippen LogP contribution is 2.47. The first-order chi connectivity index (χ1) is 11.2. The van der Waals surface area contributed by atoms with Gasteiger partial charge in [0.25, 0.3) is 0 Å². The third-order valence-electron chi connectivity index (χ3n) is 5.27. The Kier molecular flexibility index (Phi) is 5.09. The van der Waals surface area contributed by atoms with Crippen molar-refractivity contribution in [2.24, 2.45) is 10.4 Å². The summed E-state index contributed by atoms with van der Waals surface area (Å²) in [5.41, 5.74) is 1.92. The van der Waals surface area contributed by atoms with Gasteiger partial charge in [0.1, 0.15) is 5.75 Å². The van der Waals surface area contributed by atoms with E-state index in [-0.39, 0.29) is 0 Å². The van der Waals surface area contributed by atoms with Gasteiger partial charge in [-0.1, -0.05) is 18.6 Å². The summed E-state index contributed by atoms with van der Waals surface area (Å²) < 4.78 is 5.57. The minimum Gasteiger partial charge on any atom is -0.494 e. The number of hydrogen-bond acceptors (Lipinski definition) is 2. The molecule has 1 spiro atoms. The molecular formula is C19H29N3O. The van der Waals surface area contributed by atoms with E-state index in [4.69, 9.17) is 4.74 Å². The number of benzene rings is 1. The minimum atomic E-state index is 0.615. The van der Waals surface area contributed by atoms with Crippen molar-refractivity contribution in [3.05, 3.63) is 29.8 Å². The molecule has 2 fully saturated rings. The summed E-state index contributed by atoms with van der Waals surface area (Å²) in [6.45, 7) is 5.98. The molecule has 0 radical (unpaired) electrons. The number of hydrogen-bond donors (Lipinski definition) is 1. The summed E-state index contributed by atoms with van der Waals surface area (Å²) >= 11 is 0. The van der Waals surface area contributed by atoms with Gasteiger partial charge in [0.2, 0.25) is 0 Å². The summed E-state index contributed by atoms with van der Waals surface area (Å²) in [7, 11) is 1.89. The Balaban J connectivity index is 1.48. The van der Waals surface area contributed by atoms with Crippen molar-refractivity contribution in [3.63, 3.8) is 0 Å². The maximum atomic E-state index is 5.57. The van der Waals surface area contributed by atoms with Crippen molar-refractivity contribution in [2.75, 3.05) is 33.3 Å². The fourth-order valence-corrected chi connectivity index (χ4v) is 3.81. The fourth-order valence-electron chi connectivity index (χ4n) is 3.81. The van der Waals surface area contributed by atoms with E-state index in [1.807, 2.05) is 20.0 Å². The topological polar surface area (TPSA) is 36.9 Å². The molecule has 4 nitrogen and oxygen atoms in total. The molecule has 3 rings (SSSR count). The minimum absolute atomic E-state index is 0.615. The Morgan fingerprint density at radius 3 is 2.87 bits per heavy atom. The SMILES string of the molecule is CCOc1cccc(CCNC(=NC)N2CCC3(CCC3)C2)c1.